The molecule has 1 atom stereocenters. The number of amides is 1. The molecule has 0 aliphatic carbocycles. The maximum absolute atomic E-state index is 13.3. The van der Waals surface area contributed by atoms with E-state index < -0.39 is 5.66 Å². The van der Waals surface area contributed by atoms with Crippen molar-refractivity contribution in [2.24, 2.45) is 0 Å². The van der Waals surface area contributed by atoms with E-state index in [2.05, 4.69) is 38.6 Å². The number of hydrogen-bond acceptors (Lipinski definition) is 4. The third-order valence-corrected chi connectivity index (χ3v) is 5.93. The van der Waals surface area contributed by atoms with Gasteiger partial charge in [-0.05, 0) is 29.3 Å². The van der Waals surface area contributed by atoms with Crippen molar-refractivity contribution < 1.29 is 4.79 Å². The van der Waals surface area contributed by atoms with E-state index in [1.54, 1.807) is 6.20 Å². The lowest BCUT2D eigenvalue weighted by Gasteiger charge is -2.41. The zero-order chi connectivity index (χ0) is 19.1. The van der Waals surface area contributed by atoms with Crippen LogP contribution in [0.15, 0.2) is 60.8 Å². The standard InChI is InChI=1S/C21H20ClN5O/c22-17-7-5-16(6-8-17)21-18-4-2-1-3-15(18)14-26(21)11-12-27(21)20(28)13-23-19-9-10-24-25-19/h1-10H,11-14H2,(H2,23,24,25). The Morgan fingerprint density at radius 3 is 2.75 bits per heavy atom. The van der Waals surface area contributed by atoms with Crippen LogP contribution in [0.5, 0.6) is 0 Å². The average molecular weight is 394 g/mol. The van der Waals surface area contributed by atoms with Gasteiger partial charge in [0.05, 0.1) is 12.7 Å². The monoisotopic (exact) mass is 393 g/mol. The summed E-state index contributed by atoms with van der Waals surface area (Å²) in [5.74, 6) is 0.778. The van der Waals surface area contributed by atoms with E-state index in [4.69, 9.17) is 11.6 Å². The van der Waals surface area contributed by atoms with Crippen LogP contribution in [-0.4, -0.2) is 45.5 Å². The van der Waals surface area contributed by atoms with Gasteiger partial charge in [0.1, 0.15) is 11.5 Å². The van der Waals surface area contributed by atoms with Gasteiger partial charge >= 0.3 is 0 Å². The number of aromatic amines is 1. The molecular formula is C21H20ClN5O. The molecule has 1 fully saturated rings. The first-order chi connectivity index (χ1) is 13.7. The molecule has 7 heteroatoms. The van der Waals surface area contributed by atoms with Crippen molar-refractivity contribution in [3.63, 3.8) is 0 Å². The van der Waals surface area contributed by atoms with E-state index in [9.17, 15) is 4.79 Å². The number of carbonyl (C=O) groups excluding carboxylic acids is 1. The summed E-state index contributed by atoms with van der Waals surface area (Å²) in [6, 6.07) is 18.1. The highest BCUT2D eigenvalue weighted by molar-refractivity contribution is 6.30. The molecule has 0 bridgehead atoms. The van der Waals surface area contributed by atoms with Crippen LogP contribution in [0.4, 0.5) is 5.82 Å². The number of nitrogens with one attached hydrogen (secondary N) is 2. The van der Waals surface area contributed by atoms with Gasteiger partial charge in [0.15, 0.2) is 0 Å². The summed E-state index contributed by atoms with van der Waals surface area (Å²) in [4.78, 5) is 17.7. The third kappa shape index (κ3) is 2.52. The summed E-state index contributed by atoms with van der Waals surface area (Å²) in [7, 11) is 0. The maximum Gasteiger partial charge on any atom is 0.243 e. The third-order valence-electron chi connectivity index (χ3n) is 5.67. The number of carbonyl (C=O) groups is 1. The zero-order valence-electron chi connectivity index (χ0n) is 15.2. The molecule has 2 aliphatic rings. The fourth-order valence-electron chi connectivity index (χ4n) is 4.53. The summed E-state index contributed by atoms with van der Waals surface area (Å²) >= 11 is 6.15. The summed E-state index contributed by atoms with van der Waals surface area (Å²) in [5.41, 5.74) is 2.91. The Labute approximate surface area is 168 Å². The molecule has 28 heavy (non-hydrogen) atoms. The van der Waals surface area contributed by atoms with E-state index in [1.165, 1.54) is 11.1 Å². The number of benzene rings is 2. The van der Waals surface area contributed by atoms with E-state index >= 15 is 0 Å². The molecule has 2 aromatic carbocycles. The molecule has 142 valence electrons. The Balaban J connectivity index is 1.57. The quantitative estimate of drug-likeness (QED) is 0.715. The summed E-state index contributed by atoms with van der Waals surface area (Å²) in [5, 5.41) is 10.6. The van der Waals surface area contributed by atoms with Crippen LogP contribution in [0.3, 0.4) is 0 Å². The molecule has 0 spiro atoms. The Morgan fingerprint density at radius 1 is 1.14 bits per heavy atom. The highest BCUT2D eigenvalue weighted by Crippen LogP contribution is 2.49. The molecule has 1 amide bonds. The van der Waals surface area contributed by atoms with E-state index in [0.29, 0.717) is 11.6 Å². The number of anilines is 1. The second-order valence-corrected chi connectivity index (χ2v) is 7.56. The van der Waals surface area contributed by atoms with Crippen molar-refractivity contribution in [2.75, 3.05) is 25.0 Å². The van der Waals surface area contributed by atoms with E-state index in [-0.39, 0.29) is 12.5 Å². The molecule has 1 unspecified atom stereocenters. The molecule has 2 aliphatic heterocycles. The predicted molar refractivity (Wildman–Crippen MR) is 108 cm³/mol. The van der Waals surface area contributed by atoms with Crippen molar-refractivity contribution in [2.45, 2.75) is 12.2 Å². The number of fused-ring (bicyclic) bond motifs is 3. The van der Waals surface area contributed by atoms with Crippen LogP contribution in [0.1, 0.15) is 16.7 Å². The molecule has 0 saturated carbocycles. The minimum absolute atomic E-state index is 0.0451. The SMILES string of the molecule is O=C(CNc1ccn[nH]1)N1CCN2Cc3ccccc3C21c1ccc(Cl)cc1. The zero-order valence-corrected chi connectivity index (χ0v) is 16.0. The first-order valence-corrected chi connectivity index (χ1v) is 9.70. The van der Waals surface area contributed by atoms with Gasteiger partial charge in [-0.15, -0.1) is 0 Å². The van der Waals surface area contributed by atoms with Gasteiger partial charge in [0.25, 0.3) is 0 Å². The Bertz CT molecular complexity index is 1000. The number of aromatic nitrogens is 2. The summed E-state index contributed by atoms with van der Waals surface area (Å²) in [6.45, 7) is 2.54. The lowest BCUT2D eigenvalue weighted by molar-refractivity contribution is -0.135. The highest BCUT2D eigenvalue weighted by Gasteiger charge is 2.55. The lowest BCUT2D eigenvalue weighted by Crippen LogP contribution is -2.52. The van der Waals surface area contributed by atoms with E-state index in [1.807, 2.05) is 41.3 Å². The molecule has 1 aromatic heterocycles. The molecule has 6 nitrogen and oxygen atoms in total. The molecule has 2 N–H and O–H groups in total. The second-order valence-electron chi connectivity index (χ2n) is 7.13. The maximum atomic E-state index is 13.3. The van der Waals surface area contributed by atoms with Crippen LogP contribution in [0.2, 0.25) is 5.02 Å². The van der Waals surface area contributed by atoms with Crippen LogP contribution >= 0.6 is 11.6 Å². The lowest BCUT2D eigenvalue weighted by atomic mass is 9.90. The smallest absolute Gasteiger partial charge is 0.243 e. The topological polar surface area (TPSA) is 64.3 Å². The molecule has 3 heterocycles. The van der Waals surface area contributed by atoms with Gasteiger partial charge in [-0.1, -0.05) is 48.0 Å². The minimum atomic E-state index is -0.589. The Kier molecular flexibility index (Phi) is 4.10. The van der Waals surface area contributed by atoms with Crippen LogP contribution in [-0.2, 0) is 17.0 Å². The summed E-state index contributed by atoms with van der Waals surface area (Å²) < 4.78 is 0. The summed E-state index contributed by atoms with van der Waals surface area (Å²) in [6.07, 6.45) is 1.66. The van der Waals surface area contributed by atoms with Crippen LogP contribution in [0.25, 0.3) is 0 Å². The number of hydrogen-bond donors (Lipinski definition) is 2. The molecule has 1 saturated heterocycles. The Hall–Kier alpha value is -2.83. The van der Waals surface area contributed by atoms with E-state index in [0.717, 1.165) is 24.5 Å². The van der Waals surface area contributed by atoms with Gasteiger partial charge in [-0.2, -0.15) is 5.10 Å². The fourth-order valence-corrected chi connectivity index (χ4v) is 4.66. The fraction of sp³-hybridized carbons (Fsp3) is 0.238. The number of rotatable bonds is 4. The molecule has 5 rings (SSSR count). The minimum Gasteiger partial charge on any atom is -0.361 e. The van der Waals surface area contributed by atoms with Gasteiger partial charge < -0.3 is 10.2 Å². The van der Waals surface area contributed by atoms with Crippen molar-refractivity contribution in [3.8, 4) is 0 Å². The molecular weight excluding hydrogens is 374 g/mol. The van der Waals surface area contributed by atoms with Gasteiger partial charge in [-0.3, -0.25) is 14.8 Å². The highest BCUT2D eigenvalue weighted by atomic mass is 35.5. The molecule has 0 radical (unpaired) electrons. The van der Waals surface area contributed by atoms with Gasteiger partial charge in [0.2, 0.25) is 5.91 Å². The second kappa shape index (κ2) is 6.65. The number of halogens is 1. The van der Waals surface area contributed by atoms with Crippen molar-refractivity contribution in [1.82, 2.24) is 20.0 Å². The van der Waals surface area contributed by atoms with Crippen LogP contribution < -0.4 is 5.32 Å². The Morgan fingerprint density at radius 2 is 1.96 bits per heavy atom. The first kappa shape index (κ1) is 17.3. The van der Waals surface area contributed by atoms with Crippen molar-refractivity contribution in [3.05, 3.63) is 82.5 Å². The van der Waals surface area contributed by atoms with Gasteiger partial charge in [-0.25, -0.2) is 0 Å². The molecule has 3 aromatic rings. The van der Waals surface area contributed by atoms with Crippen LogP contribution in [0, 0.1) is 0 Å². The van der Waals surface area contributed by atoms with Crippen molar-refractivity contribution >= 4 is 23.3 Å². The first-order valence-electron chi connectivity index (χ1n) is 9.33. The van der Waals surface area contributed by atoms with Crippen molar-refractivity contribution in [1.29, 1.82) is 0 Å². The van der Waals surface area contributed by atoms with Gasteiger partial charge in [0, 0.05) is 30.2 Å². The number of H-pyrrole nitrogens is 1. The average Bonchev–Trinajstić information content (AvgIpc) is 3.42. The number of nitrogens with zero attached hydrogens (tertiary/aromatic N) is 3. The largest absolute Gasteiger partial charge is 0.361 e. The normalized spacial score (nSPS) is 20.8. The predicted octanol–water partition coefficient (Wildman–Crippen LogP) is 3.03.